The molecule has 0 bridgehead atoms. The Kier molecular flexibility index (Phi) is 5.44. The number of nitrogens with one attached hydrogen (secondary N) is 1. The molecule has 0 aliphatic carbocycles. The molecule has 1 rings (SSSR count). The summed E-state index contributed by atoms with van der Waals surface area (Å²) in [5.74, 6) is 0.483. The highest BCUT2D eigenvalue weighted by atomic mass is 79.9. The van der Waals surface area contributed by atoms with Crippen LogP contribution in [0.3, 0.4) is 0 Å². The van der Waals surface area contributed by atoms with Crippen LogP contribution in [-0.4, -0.2) is 13.1 Å². The Morgan fingerprint density at radius 3 is 2.11 bits per heavy atom. The standard InChI is InChI=1S/C14H19BrF3N/c1-8(2)13(9(3)19-4)11-6-5-10(7-12(11)15)14(16,17)18/h5-9,13,19H,1-4H3. The van der Waals surface area contributed by atoms with E-state index >= 15 is 0 Å². The van der Waals surface area contributed by atoms with E-state index in [4.69, 9.17) is 0 Å². The van der Waals surface area contributed by atoms with E-state index in [1.54, 1.807) is 6.07 Å². The first-order valence-corrected chi connectivity index (χ1v) is 7.01. The van der Waals surface area contributed by atoms with Gasteiger partial charge in [-0.15, -0.1) is 0 Å². The van der Waals surface area contributed by atoms with Crippen molar-refractivity contribution in [1.29, 1.82) is 0 Å². The van der Waals surface area contributed by atoms with Crippen LogP contribution in [0.1, 0.15) is 37.8 Å². The highest BCUT2D eigenvalue weighted by Gasteiger charge is 2.32. The monoisotopic (exact) mass is 337 g/mol. The van der Waals surface area contributed by atoms with Crippen molar-refractivity contribution in [2.75, 3.05) is 7.05 Å². The molecule has 19 heavy (non-hydrogen) atoms. The van der Waals surface area contributed by atoms with Crippen molar-refractivity contribution in [3.63, 3.8) is 0 Å². The Hall–Kier alpha value is -0.550. The lowest BCUT2D eigenvalue weighted by Gasteiger charge is -2.29. The molecule has 1 aromatic carbocycles. The summed E-state index contributed by atoms with van der Waals surface area (Å²) in [5.41, 5.74) is 0.285. The van der Waals surface area contributed by atoms with Gasteiger partial charge in [0.25, 0.3) is 0 Å². The van der Waals surface area contributed by atoms with E-state index in [1.807, 2.05) is 14.0 Å². The molecule has 0 aromatic heterocycles. The molecule has 0 fully saturated rings. The van der Waals surface area contributed by atoms with E-state index in [9.17, 15) is 13.2 Å². The molecule has 0 amide bonds. The number of alkyl halides is 3. The normalized spacial score (nSPS) is 15.6. The summed E-state index contributed by atoms with van der Waals surface area (Å²) in [4.78, 5) is 0. The Labute approximate surface area is 120 Å². The van der Waals surface area contributed by atoms with Gasteiger partial charge < -0.3 is 5.32 Å². The van der Waals surface area contributed by atoms with Gasteiger partial charge in [0.05, 0.1) is 5.56 Å². The fraction of sp³-hybridized carbons (Fsp3) is 0.571. The molecule has 0 saturated heterocycles. The van der Waals surface area contributed by atoms with Gasteiger partial charge in [-0.2, -0.15) is 13.2 Å². The summed E-state index contributed by atoms with van der Waals surface area (Å²) in [7, 11) is 1.86. The maximum atomic E-state index is 12.7. The van der Waals surface area contributed by atoms with Crippen LogP contribution in [0, 0.1) is 5.92 Å². The van der Waals surface area contributed by atoms with Crippen LogP contribution >= 0.6 is 15.9 Å². The Balaban J connectivity index is 3.20. The predicted octanol–water partition coefficient (Wildman–Crippen LogP) is 4.82. The topological polar surface area (TPSA) is 12.0 Å². The first kappa shape index (κ1) is 16.5. The minimum atomic E-state index is -4.30. The fourth-order valence-electron chi connectivity index (χ4n) is 2.36. The lowest BCUT2D eigenvalue weighted by Crippen LogP contribution is -2.32. The van der Waals surface area contributed by atoms with Crippen molar-refractivity contribution in [1.82, 2.24) is 5.32 Å². The third-order valence-corrected chi connectivity index (χ3v) is 4.09. The fourth-order valence-corrected chi connectivity index (χ4v) is 3.00. The summed E-state index contributed by atoms with van der Waals surface area (Å²) >= 11 is 3.28. The predicted molar refractivity (Wildman–Crippen MR) is 75.2 cm³/mol. The van der Waals surface area contributed by atoms with Crippen LogP contribution < -0.4 is 5.32 Å². The molecule has 0 radical (unpaired) electrons. The number of rotatable bonds is 4. The van der Waals surface area contributed by atoms with Crippen LogP contribution in [0.5, 0.6) is 0 Å². The average Bonchev–Trinajstić information content (AvgIpc) is 2.29. The van der Waals surface area contributed by atoms with Crippen LogP contribution in [0.15, 0.2) is 22.7 Å². The van der Waals surface area contributed by atoms with E-state index in [0.717, 1.165) is 17.7 Å². The number of likely N-dealkylation sites (N-methyl/N-ethyl adjacent to an activating group) is 1. The zero-order valence-electron chi connectivity index (χ0n) is 11.5. The van der Waals surface area contributed by atoms with Crippen molar-refractivity contribution < 1.29 is 13.2 Å². The van der Waals surface area contributed by atoms with Gasteiger partial charge >= 0.3 is 6.18 Å². The van der Waals surface area contributed by atoms with Gasteiger partial charge in [0.15, 0.2) is 0 Å². The summed E-state index contributed by atoms with van der Waals surface area (Å²) in [6.45, 7) is 6.18. The first-order valence-electron chi connectivity index (χ1n) is 6.22. The minimum Gasteiger partial charge on any atom is -0.317 e. The number of halogens is 4. The Morgan fingerprint density at radius 2 is 1.74 bits per heavy atom. The van der Waals surface area contributed by atoms with Crippen LogP contribution in [0.4, 0.5) is 13.2 Å². The highest BCUT2D eigenvalue weighted by Crippen LogP contribution is 2.37. The van der Waals surface area contributed by atoms with E-state index in [1.165, 1.54) is 0 Å². The zero-order chi connectivity index (χ0) is 14.8. The average molecular weight is 338 g/mol. The Bertz CT molecular complexity index is 429. The third kappa shape index (κ3) is 3.96. The summed E-state index contributed by atoms with van der Waals surface area (Å²) in [5, 5.41) is 3.17. The molecule has 0 aliphatic rings. The molecule has 2 unspecified atom stereocenters. The number of hydrogen-bond acceptors (Lipinski definition) is 1. The minimum absolute atomic E-state index is 0.154. The smallest absolute Gasteiger partial charge is 0.317 e. The molecule has 108 valence electrons. The second-order valence-electron chi connectivity index (χ2n) is 5.08. The number of hydrogen-bond donors (Lipinski definition) is 1. The zero-order valence-corrected chi connectivity index (χ0v) is 13.1. The maximum absolute atomic E-state index is 12.7. The molecule has 5 heteroatoms. The van der Waals surface area contributed by atoms with Crippen molar-refractivity contribution in [3.8, 4) is 0 Å². The molecule has 0 aliphatic heterocycles. The highest BCUT2D eigenvalue weighted by molar-refractivity contribution is 9.10. The van der Waals surface area contributed by atoms with Gasteiger partial charge in [0, 0.05) is 16.4 Å². The summed E-state index contributed by atoms with van der Waals surface area (Å²) in [6.07, 6.45) is -4.30. The molecule has 1 N–H and O–H groups in total. The van der Waals surface area contributed by atoms with E-state index in [-0.39, 0.29) is 12.0 Å². The number of benzene rings is 1. The van der Waals surface area contributed by atoms with E-state index in [2.05, 4.69) is 35.1 Å². The molecular weight excluding hydrogens is 319 g/mol. The first-order chi connectivity index (χ1) is 8.68. The maximum Gasteiger partial charge on any atom is 0.416 e. The van der Waals surface area contributed by atoms with Crippen molar-refractivity contribution in [3.05, 3.63) is 33.8 Å². The molecule has 1 nitrogen and oxygen atoms in total. The molecule has 2 atom stereocenters. The van der Waals surface area contributed by atoms with Gasteiger partial charge in [-0.1, -0.05) is 35.8 Å². The largest absolute Gasteiger partial charge is 0.416 e. The van der Waals surface area contributed by atoms with Crippen LogP contribution in [-0.2, 0) is 6.18 Å². The lowest BCUT2D eigenvalue weighted by molar-refractivity contribution is -0.137. The van der Waals surface area contributed by atoms with Crippen molar-refractivity contribution in [2.45, 2.75) is 38.9 Å². The van der Waals surface area contributed by atoms with Gasteiger partial charge in [-0.05, 0) is 37.6 Å². The van der Waals surface area contributed by atoms with Crippen molar-refractivity contribution in [2.24, 2.45) is 5.92 Å². The molecular formula is C14H19BrF3N. The SMILES string of the molecule is CNC(C)C(c1ccc(C(F)(F)F)cc1Br)C(C)C. The third-order valence-electron chi connectivity index (χ3n) is 3.40. The summed E-state index contributed by atoms with van der Waals surface area (Å²) in [6, 6.07) is 4.07. The Morgan fingerprint density at radius 1 is 1.16 bits per heavy atom. The van der Waals surface area contributed by atoms with Gasteiger partial charge in [0.1, 0.15) is 0 Å². The molecule has 0 saturated carbocycles. The van der Waals surface area contributed by atoms with E-state index < -0.39 is 11.7 Å². The molecule has 1 aromatic rings. The van der Waals surface area contributed by atoms with Gasteiger partial charge in [-0.25, -0.2) is 0 Å². The second kappa shape index (κ2) is 6.27. The molecule has 0 spiro atoms. The van der Waals surface area contributed by atoms with Crippen LogP contribution in [0.25, 0.3) is 0 Å². The van der Waals surface area contributed by atoms with E-state index in [0.29, 0.717) is 10.4 Å². The van der Waals surface area contributed by atoms with Gasteiger partial charge in [0.2, 0.25) is 0 Å². The summed E-state index contributed by atoms with van der Waals surface area (Å²) < 4.78 is 38.5. The molecule has 0 heterocycles. The van der Waals surface area contributed by atoms with Crippen LogP contribution in [0.2, 0.25) is 0 Å². The van der Waals surface area contributed by atoms with Gasteiger partial charge in [-0.3, -0.25) is 0 Å². The second-order valence-corrected chi connectivity index (χ2v) is 5.94. The lowest BCUT2D eigenvalue weighted by atomic mass is 9.83. The quantitative estimate of drug-likeness (QED) is 0.830. The van der Waals surface area contributed by atoms with Crippen molar-refractivity contribution >= 4 is 15.9 Å².